The summed E-state index contributed by atoms with van der Waals surface area (Å²) in [7, 11) is 1.64. The van der Waals surface area contributed by atoms with E-state index >= 15 is 0 Å². The SMILES string of the molecule is CCCCCCCCCCCCc1ccc(OC)c(/C=C/C(=O)c2ccccc2O)c1. The van der Waals surface area contributed by atoms with E-state index in [0.29, 0.717) is 5.56 Å². The van der Waals surface area contributed by atoms with Crippen LogP contribution in [0.15, 0.2) is 48.5 Å². The molecular formula is C28H38O3. The quantitative estimate of drug-likeness (QED) is 0.181. The van der Waals surface area contributed by atoms with E-state index in [1.807, 2.05) is 6.07 Å². The number of carbonyl (C=O) groups excluding carboxylic acids is 1. The lowest BCUT2D eigenvalue weighted by Gasteiger charge is -2.08. The molecule has 2 aromatic rings. The number of para-hydroxylation sites is 1. The predicted octanol–water partition coefficient (Wildman–Crippen LogP) is 7.76. The van der Waals surface area contributed by atoms with Gasteiger partial charge in [-0.2, -0.15) is 0 Å². The van der Waals surface area contributed by atoms with Crippen molar-refractivity contribution in [3.8, 4) is 11.5 Å². The first kappa shape index (κ1) is 24.7. The number of methoxy groups -OCH3 is 1. The Morgan fingerprint density at radius 1 is 0.903 bits per heavy atom. The van der Waals surface area contributed by atoms with Gasteiger partial charge in [-0.15, -0.1) is 0 Å². The molecule has 0 radical (unpaired) electrons. The molecule has 3 nitrogen and oxygen atoms in total. The van der Waals surface area contributed by atoms with Crippen molar-refractivity contribution in [3.63, 3.8) is 0 Å². The molecule has 0 atom stereocenters. The number of aryl methyl sites for hydroxylation is 1. The molecule has 0 aliphatic heterocycles. The highest BCUT2D eigenvalue weighted by Crippen LogP contribution is 2.24. The normalized spacial score (nSPS) is 11.2. The number of hydrogen-bond acceptors (Lipinski definition) is 3. The summed E-state index contributed by atoms with van der Waals surface area (Å²) in [6.45, 7) is 2.26. The average molecular weight is 423 g/mol. The summed E-state index contributed by atoms with van der Waals surface area (Å²) in [4.78, 5) is 12.4. The molecule has 31 heavy (non-hydrogen) atoms. The third-order valence-electron chi connectivity index (χ3n) is 5.70. The largest absolute Gasteiger partial charge is 0.507 e. The summed E-state index contributed by atoms with van der Waals surface area (Å²) < 4.78 is 5.46. The molecule has 0 saturated carbocycles. The number of unbranched alkanes of at least 4 members (excludes halogenated alkanes) is 9. The zero-order chi connectivity index (χ0) is 22.3. The maximum Gasteiger partial charge on any atom is 0.189 e. The molecule has 0 heterocycles. The highest BCUT2D eigenvalue weighted by Gasteiger charge is 2.08. The maximum absolute atomic E-state index is 12.4. The Balaban J connectivity index is 1.81. The van der Waals surface area contributed by atoms with E-state index in [4.69, 9.17) is 4.74 Å². The molecule has 0 aromatic heterocycles. The first-order valence-electron chi connectivity index (χ1n) is 11.8. The van der Waals surface area contributed by atoms with Gasteiger partial charge in [-0.25, -0.2) is 0 Å². The first-order chi connectivity index (χ1) is 15.2. The minimum Gasteiger partial charge on any atom is -0.507 e. The molecule has 0 amide bonds. The number of ketones is 1. The van der Waals surface area contributed by atoms with Crippen LogP contribution in [0.4, 0.5) is 0 Å². The molecule has 3 heteroatoms. The molecule has 0 unspecified atom stereocenters. The third kappa shape index (κ3) is 9.00. The fraction of sp³-hybridized carbons (Fsp3) is 0.464. The summed E-state index contributed by atoms with van der Waals surface area (Å²) in [6.07, 6.45) is 17.6. The zero-order valence-corrected chi connectivity index (χ0v) is 19.2. The lowest BCUT2D eigenvalue weighted by atomic mass is 10.0. The number of hydrogen-bond donors (Lipinski definition) is 1. The summed E-state index contributed by atoms with van der Waals surface area (Å²) in [5, 5.41) is 9.87. The minimum atomic E-state index is -0.222. The second kappa shape index (κ2) is 14.5. The molecule has 0 saturated heterocycles. The number of ether oxygens (including phenoxy) is 1. The van der Waals surface area contributed by atoms with E-state index < -0.39 is 0 Å². The van der Waals surface area contributed by atoms with E-state index in [2.05, 4.69) is 19.1 Å². The topological polar surface area (TPSA) is 46.5 Å². The van der Waals surface area contributed by atoms with E-state index in [1.54, 1.807) is 31.4 Å². The Morgan fingerprint density at radius 2 is 1.55 bits per heavy atom. The number of benzene rings is 2. The summed E-state index contributed by atoms with van der Waals surface area (Å²) in [5.41, 5.74) is 2.45. The minimum absolute atomic E-state index is 0.00109. The van der Waals surface area contributed by atoms with Crippen molar-refractivity contribution in [1.82, 2.24) is 0 Å². The van der Waals surface area contributed by atoms with Crippen molar-refractivity contribution in [2.24, 2.45) is 0 Å². The van der Waals surface area contributed by atoms with Gasteiger partial charge < -0.3 is 9.84 Å². The monoisotopic (exact) mass is 422 g/mol. The van der Waals surface area contributed by atoms with Crippen LogP contribution >= 0.6 is 0 Å². The number of phenols is 1. The first-order valence-corrected chi connectivity index (χ1v) is 11.8. The van der Waals surface area contributed by atoms with Crippen LogP contribution in [0, 0.1) is 0 Å². The van der Waals surface area contributed by atoms with Gasteiger partial charge in [0.25, 0.3) is 0 Å². The Bertz CT molecular complexity index is 823. The van der Waals surface area contributed by atoms with Gasteiger partial charge in [0.2, 0.25) is 0 Å². The fourth-order valence-electron chi connectivity index (χ4n) is 3.82. The van der Waals surface area contributed by atoms with Gasteiger partial charge >= 0.3 is 0 Å². The molecule has 0 bridgehead atoms. The van der Waals surface area contributed by atoms with Crippen LogP contribution in [0.3, 0.4) is 0 Å². The molecule has 0 aliphatic rings. The molecular weight excluding hydrogens is 384 g/mol. The van der Waals surface area contributed by atoms with Crippen molar-refractivity contribution in [2.45, 2.75) is 77.6 Å². The zero-order valence-electron chi connectivity index (χ0n) is 19.2. The Morgan fingerprint density at radius 3 is 2.19 bits per heavy atom. The number of phenolic OH excluding ortho intramolecular Hbond substituents is 1. The summed E-state index contributed by atoms with van der Waals surface area (Å²) in [6, 6.07) is 12.8. The maximum atomic E-state index is 12.4. The Hall–Kier alpha value is -2.55. The van der Waals surface area contributed by atoms with Crippen LogP contribution < -0.4 is 4.74 Å². The molecule has 2 rings (SSSR count). The van der Waals surface area contributed by atoms with E-state index in [0.717, 1.165) is 17.7 Å². The van der Waals surface area contributed by atoms with Crippen molar-refractivity contribution in [1.29, 1.82) is 0 Å². The standard InChI is InChI=1S/C28H38O3/c1-3-4-5-6-7-8-9-10-11-12-15-23-18-21-28(31-2)24(22-23)19-20-27(30)25-16-13-14-17-26(25)29/h13-14,16-22,29H,3-12,15H2,1-2H3/b20-19+. The smallest absolute Gasteiger partial charge is 0.189 e. The van der Waals surface area contributed by atoms with Gasteiger partial charge in [0.1, 0.15) is 11.5 Å². The van der Waals surface area contributed by atoms with Gasteiger partial charge in [-0.05, 0) is 54.8 Å². The van der Waals surface area contributed by atoms with Crippen molar-refractivity contribution in [3.05, 3.63) is 65.2 Å². The van der Waals surface area contributed by atoms with E-state index in [-0.39, 0.29) is 11.5 Å². The summed E-state index contributed by atoms with van der Waals surface area (Å²) >= 11 is 0. The molecule has 1 N–H and O–H groups in total. The highest BCUT2D eigenvalue weighted by atomic mass is 16.5. The van der Waals surface area contributed by atoms with E-state index in [1.165, 1.54) is 81.9 Å². The van der Waals surface area contributed by atoms with Gasteiger partial charge in [0.05, 0.1) is 12.7 Å². The van der Waals surface area contributed by atoms with Gasteiger partial charge in [-0.1, -0.05) is 82.9 Å². The van der Waals surface area contributed by atoms with E-state index in [9.17, 15) is 9.90 Å². The third-order valence-corrected chi connectivity index (χ3v) is 5.70. The molecule has 0 aliphatic carbocycles. The summed E-state index contributed by atoms with van der Waals surface area (Å²) in [5.74, 6) is 0.521. The van der Waals surface area contributed by atoms with Crippen LogP contribution in [-0.2, 0) is 6.42 Å². The van der Waals surface area contributed by atoms with Crippen molar-refractivity contribution < 1.29 is 14.6 Å². The fourth-order valence-corrected chi connectivity index (χ4v) is 3.82. The van der Waals surface area contributed by atoms with Crippen LogP contribution in [-0.4, -0.2) is 18.0 Å². The predicted molar refractivity (Wildman–Crippen MR) is 130 cm³/mol. The number of aromatic hydroxyl groups is 1. The molecule has 0 spiro atoms. The molecule has 0 fully saturated rings. The number of rotatable bonds is 15. The highest BCUT2D eigenvalue weighted by molar-refractivity contribution is 6.08. The lowest BCUT2D eigenvalue weighted by molar-refractivity contribution is 0.104. The number of allylic oxidation sites excluding steroid dienone is 1. The van der Waals surface area contributed by atoms with Crippen LogP contribution in [0.5, 0.6) is 11.5 Å². The molecule has 168 valence electrons. The van der Waals surface area contributed by atoms with Gasteiger partial charge in [-0.3, -0.25) is 4.79 Å². The van der Waals surface area contributed by atoms with Crippen LogP contribution in [0.2, 0.25) is 0 Å². The van der Waals surface area contributed by atoms with Gasteiger partial charge in [0.15, 0.2) is 5.78 Å². The number of carbonyl (C=O) groups is 1. The lowest BCUT2D eigenvalue weighted by Crippen LogP contribution is -1.95. The van der Waals surface area contributed by atoms with Crippen molar-refractivity contribution >= 4 is 11.9 Å². The second-order valence-electron chi connectivity index (χ2n) is 8.22. The molecule has 2 aromatic carbocycles. The van der Waals surface area contributed by atoms with Crippen LogP contribution in [0.1, 0.15) is 92.6 Å². The van der Waals surface area contributed by atoms with Crippen molar-refractivity contribution in [2.75, 3.05) is 7.11 Å². The average Bonchev–Trinajstić information content (AvgIpc) is 2.79. The Kier molecular flexibility index (Phi) is 11.5. The second-order valence-corrected chi connectivity index (χ2v) is 8.22. The van der Waals surface area contributed by atoms with Crippen LogP contribution in [0.25, 0.3) is 6.08 Å². The van der Waals surface area contributed by atoms with Gasteiger partial charge in [0, 0.05) is 5.56 Å². The Labute approximate surface area is 188 Å².